The Morgan fingerprint density at radius 2 is 1.53 bits per heavy atom. The van der Waals surface area contributed by atoms with Crippen molar-refractivity contribution in [3.8, 4) is 0 Å². The van der Waals surface area contributed by atoms with Crippen LogP contribution in [0.2, 0.25) is 0 Å². The number of hydrogen-bond acceptors (Lipinski definition) is 2. The second-order valence-corrected chi connectivity index (χ2v) is 6.51. The third kappa shape index (κ3) is 1.72. The van der Waals surface area contributed by atoms with E-state index < -0.39 is 0 Å². The van der Waals surface area contributed by atoms with Crippen molar-refractivity contribution >= 4 is 0 Å². The molecule has 4 rings (SSSR count). The Labute approximate surface area is 92.2 Å². The Morgan fingerprint density at radius 3 is 1.93 bits per heavy atom. The summed E-state index contributed by atoms with van der Waals surface area (Å²) in [5, 5.41) is 9.79. The predicted octanol–water partition coefficient (Wildman–Crippen LogP) is 1.91. The molecule has 2 heteroatoms. The normalized spacial score (nSPS) is 49.6. The molecule has 2 nitrogen and oxygen atoms in total. The third-order valence-corrected chi connectivity index (χ3v) is 5.11. The lowest BCUT2D eigenvalue weighted by Gasteiger charge is -2.57. The summed E-state index contributed by atoms with van der Waals surface area (Å²) in [7, 11) is 0. The highest BCUT2D eigenvalue weighted by Crippen LogP contribution is 2.61. The molecule has 1 unspecified atom stereocenters. The molecule has 0 aromatic carbocycles. The van der Waals surface area contributed by atoms with Crippen LogP contribution in [0.5, 0.6) is 0 Å². The Kier molecular flexibility index (Phi) is 2.33. The van der Waals surface area contributed by atoms with Crippen molar-refractivity contribution in [3.05, 3.63) is 0 Å². The minimum absolute atomic E-state index is 0.249. The Balaban J connectivity index is 1.75. The molecule has 4 fully saturated rings. The van der Waals surface area contributed by atoms with Crippen LogP contribution in [-0.4, -0.2) is 17.8 Å². The van der Waals surface area contributed by atoms with Crippen LogP contribution in [0.15, 0.2) is 0 Å². The van der Waals surface area contributed by atoms with Gasteiger partial charge >= 0.3 is 0 Å². The average Bonchev–Trinajstić information content (AvgIpc) is 2.14. The molecule has 3 N–H and O–H groups in total. The zero-order valence-corrected chi connectivity index (χ0v) is 9.49. The first kappa shape index (κ1) is 10.1. The molecule has 0 spiro atoms. The maximum Gasteiger partial charge on any atom is 0.0667 e. The van der Waals surface area contributed by atoms with Gasteiger partial charge in [-0.25, -0.2) is 0 Å². The lowest BCUT2D eigenvalue weighted by Crippen LogP contribution is -2.47. The van der Waals surface area contributed by atoms with Gasteiger partial charge in [0.05, 0.1) is 6.10 Å². The molecule has 15 heavy (non-hydrogen) atoms. The average molecular weight is 209 g/mol. The number of rotatable bonds is 3. The van der Waals surface area contributed by atoms with Crippen molar-refractivity contribution in [2.24, 2.45) is 28.9 Å². The number of aliphatic hydroxyl groups excluding tert-OH is 1. The molecule has 0 saturated heterocycles. The van der Waals surface area contributed by atoms with Crippen LogP contribution in [0.4, 0.5) is 0 Å². The molecule has 0 aromatic rings. The highest BCUT2D eigenvalue weighted by molar-refractivity contribution is 5.02. The van der Waals surface area contributed by atoms with Gasteiger partial charge in [0.1, 0.15) is 0 Å². The van der Waals surface area contributed by atoms with Crippen molar-refractivity contribution < 1.29 is 5.11 Å². The van der Waals surface area contributed by atoms with Crippen LogP contribution in [0.1, 0.15) is 44.9 Å². The molecular formula is C13H23NO. The topological polar surface area (TPSA) is 46.2 Å². The van der Waals surface area contributed by atoms with Crippen LogP contribution >= 0.6 is 0 Å². The van der Waals surface area contributed by atoms with Gasteiger partial charge in [0.2, 0.25) is 0 Å². The first-order valence-corrected chi connectivity index (χ1v) is 6.57. The highest BCUT2D eigenvalue weighted by atomic mass is 16.3. The molecular weight excluding hydrogens is 186 g/mol. The second kappa shape index (κ2) is 3.46. The first-order chi connectivity index (χ1) is 7.19. The summed E-state index contributed by atoms with van der Waals surface area (Å²) in [4.78, 5) is 0. The molecule has 1 atom stereocenters. The molecule has 4 saturated carbocycles. The van der Waals surface area contributed by atoms with E-state index in [1.165, 1.54) is 38.5 Å². The largest absolute Gasteiger partial charge is 0.392 e. The van der Waals surface area contributed by atoms with Crippen molar-refractivity contribution in [2.75, 3.05) is 6.54 Å². The minimum Gasteiger partial charge on any atom is -0.392 e. The summed E-state index contributed by atoms with van der Waals surface area (Å²) in [5.41, 5.74) is 6.04. The summed E-state index contributed by atoms with van der Waals surface area (Å²) in [6.07, 6.45) is 9.34. The van der Waals surface area contributed by atoms with Crippen molar-refractivity contribution in [1.82, 2.24) is 0 Å². The zero-order chi connectivity index (χ0) is 10.5. The van der Waals surface area contributed by atoms with Gasteiger partial charge in [-0.2, -0.15) is 0 Å². The molecule has 0 amide bonds. The van der Waals surface area contributed by atoms with E-state index >= 15 is 0 Å². The first-order valence-electron chi connectivity index (χ1n) is 6.57. The number of nitrogens with two attached hydrogens (primary N) is 1. The maximum absolute atomic E-state index is 9.79. The van der Waals surface area contributed by atoms with Crippen molar-refractivity contribution in [3.63, 3.8) is 0 Å². The molecule has 0 heterocycles. The van der Waals surface area contributed by atoms with E-state index in [9.17, 15) is 5.11 Å². The third-order valence-electron chi connectivity index (χ3n) is 5.11. The van der Waals surface area contributed by atoms with E-state index in [1.807, 2.05) is 0 Å². The molecule has 86 valence electrons. The van der Waals surface area contributed by atoms with Gasteiger partial charge in [-0.15, -0.1) is 0 Å². The molecule has 0 radical (unpaired) electrons. The van der Waals surface area contributed by atoms with Crippen molar-refractivity contribution in [2.45, 2.75) is 51.0 Å². The quantitative estimate of drug-likeness (QED) is 0.746. The van der Waals surface area contributed by atoms with E-state index in [2.05, 4.69) is 0 Å². The molecule has 4 bridgehead atoms. The van der Waals surface area contributed by atoms with Gasteiger partial charge in [-0.3, -0.25) is 0 Å². The van der Waals surface area contributed by atoms with E-state index in [1.54, 1.807) is 0 Å². The van der Waals surface area contributed by atoms with Crippen LogP contribution < -0.4 is 5.73 Å². The van der Waals surface area contributed by atoms with E-state index in [0.717, 1.165) is 24.2 Å². The van der Waals surface area contributed by atoms with E-state index in [0.29, 0.717) is 12.0 Å². The molecule has 0 aromatic heterocycles. The SMILES string of the molecule is NCC(O)CC12CC3CC(CC(C3)C1)C2. The van der Waals surface area contributed by atoms with Crippen LogP contribution in [-0.2, 0) is 0 Å². The van der Waals surface area contributed by atoms with Gasteiger partial charge < -0.3 is 10.8 Å². The highest BCUT2D eigenvalue weighted by Gasteiger charge is 2.50. The fraction of sp³-hybridized carbons (Fsp3) is 1.00. The summed E-state index contributed by atoms with van der Waals surface area (Å²) in [6, 6.07) is 0. The minimum atomic E-state index is -0.249. The lowest BCUT2D eigenvalue weighted by atomic mass is 9.48. The Morgan fingerprint density at radius 1 is 1.07 bits per heavy atom. The fourth-order valence-corrected chi connectivity index (χ4v) is 5.12. The smallest absolute Gasteiger partial charge is 0.0667 e. The van der Waals surface area contributed by atoms with Crippen LogP contribution in [0.25, 0.3) is 0 Å². The fourth-order valence-electron chi connectivity index (χ4n) is 5.12. The van der Waals surface area contributed by atoms with Gasteiger partial charge in [-0.1, -0.05) is 0 Å². The van der Waals surface area contributed by atoms with Gasteiger partial charge in [0.25, 0.3) is 0 Å². The summed E-state index contributed by atoms with van der Waals surface area (Å²) < 4.78 is 0. The maximum atomic E-state index is 9.79. The summed E-state index contributed by atoms with van der Waals surface area (Å²) >= 11 is 0. The summed E-state index contributed by atoms with van der Waals surface area (Å²) in [6.45, 7) is 0.446. The molecule has 4 aliphatic rings. The van der Waals surface area contributed by atoms with Gasteiger partial charge in [0.15, 0.2) is 0 Å². The molecule has 4 aliphatic carbocycles. The van der Waals surface area contributed by atoms with Crippen LogP contribution in [0.3, 0.4) is 0 Å². The molecule has 0 aliphatic heterocycles. The van der Waals surface area contributed by atoms with Gasteiger partial charge in [0, 0.05) is 6.54 Å². The van der Waals surface area contributed by atoms with E-state index in [-0.39, 0.29) is 6.10 Å². The number of aliphatic hydroxyl groups is 1. The standard InChI is InChI=1S/C13H23NO/c14-8-12(15)7-13-4-9-1-10(5-13)3-11(2-9)6-13/h9-12,15H,1-8,14H2. The monoisotopic (exact) mass is 209 g/mol. The lowest BCUT2D eigenvalue weighted by molar-refractivity contribution is -0.0745. The van der Waals surface area contributed by atoms with Crippen LogP contribution in [0, 0.1) is 23.2 Å². The van der Waals surface area contributed by atoms with Crippen molar-refractivity contribution in [1.29, 1.82) is 0 Å². The second-order valence-electron chi connectivity index (χ2n) is 6.51. The Bertz CT molecular complexity index is 216. The predicted molar refractivity (Wildman–Crippen MR) is 60.3 cm³/mol. The Hall–Kier alpha value is -0.0800. The summed E-state index contributed by atoms with van der Waals surface area (Å²) in [5.74, 6) is 2.96. The van der Waals surface area contributed by atoms with E-state index in [4.69, 9.17) is 5.73 Å². The zero-order valence-electron chi connectivity index (χ0n) is 9.49. The van der Waals surface area contributed by atoms with Gasteiger partial charge in [-0.05, 0) is 68.1 Å². The number of hydrogen-bond donors (Lipinski definition) is 2.